The maximum Gasteiger partial charge on any atom is 0.251 e. The van der Waals surface area contributed by atoms with Crippen molar-refractivity contribution in [2.24, 2.45) is 4.99 Å². The Labute approximate surface area is 176 Å². The number of halogens is 2. The molecule has 0 fully saturated rings. The lowest BCUT2D eigenvalue weighted by Gasteiger charge is -2.12. The summed E-state index contributed by atoms with van der Waals surface area (Å²) in [5.74, 6) is 0.324. The van der Waals surface area contributed by atoms with Gasteiger partial charge in [0.05, 0.1) is 6.54 Å². The lowest BCUT2D eigenvalue weighted by Crippen LogP contribution is -2.36. The standard InChI is InChI=1S/C20H25FN4O.HI/c1-3-22-19(26)17-10-8-15(9-11-17)13-24-20(23-4-2)25-14-16-6-5-7-18(21)12-16;/h5-12H,3-4,13-14H2,1-2H3,(H,22,26)(H2,23,24,25);1H. The summed E-state index contributed by atoms with van der Waals surface area (Å²) in [6.07, 6.45) is 0. The molecule has 0 radical (unpaired) electrons. The van der Waals surface area contributed by atoms with Crippen molar-refractivity contribution in [3.05, 3.63) is 71.0 Å². The number of nitrogens with one attached hydrogen (secondary N) is 3. The van der Waals surface area contributed by atoms with E-state index < -0.39 is 0 Å². The lowest BCUT2D eigenvalue weighted by atomic mass is 10.1. The van der Waals surface area contributed by atoms with Crippen LogP contribution in [0.4, 0.5) is 4.39 Å². The Morgan fingerprint density at radius 1 is 0.963 bits per heavy atom. The van der Waals surface area contributed by atoms with E-state index in [9.17, 15) is 9.18 Å². The number of hydrogen-bond acceptors (Lipinski definition) is 2. The molecule has 0 saturated heterocycles. The lowest BCUT2D eigenvalue weighted by molar-refractivity contribution is 0.0956. The molecule has 0 aliphatic rings. The molecule has 0 aromatic heterocycles. The Morgan fingerprint density at radius 2 is 1.67 bits per heavy atom. The van der Waals surface area contributed by atoms with Crippen molar-refractivity contribution in [3.63, 3.8) is 0 Å². The third-order valence-electron chi connectivity index (χ3n) is 3.67. The van der Waals surface area contributed by atoms with E-state index in [1.165, 1.54) is 12.1 Å². The molecule has 2 aromatic carbocycles. The monoisotopic (exact) mass is 484 g/mol. The van der Waals surface area contributed by atoms with E-state index in [1.54, 1.807) is 18.2 Å². The predicted molar refractivity (Wildman–Crippen MR) is 118 cm³/mol. The first kappa shape index (κ1) is 22.9. The molecule has 0 aliphatic carbocycles. The van der Waals surface area contributed by atoms with Crippen LogP contribution in [0.3, 0.4) is 0 Å². The molecular weight excluding hydrogens is 458 g/mol. The molecule has 2 rings (SSSR count). The van der Waals surface area contributed by atoms with Crippen LogP contribution in [0.15, 0.2) is 53.5 Å². The highest BCUT2D eigenvalue weighted by atomic mass is 127. The van der Waals surface area contributed by atoms with Crippen LogP contribution in [-0.2, 0) is 13.1 Å². The minimum atomic E-state index is -0.261. The second kappa shape index (κ2) is 12.3. The van der Waals surface area contributed by atoms with Crippen LogP contribution >= 0.6 is 24.0 Å². The van der Waals surface area contributed by atoms with Crippen LogP contribution in [0.1, 0.15) is 35.3 Å². The fourth-order valence-corrected chi connectivity index (χ4v) is 2.37. The first-order valence-electron chi connectivity index (χ1n) is 8.76. The molecule has 1 amide bonds. The smallest absolute Gasteiger partial charge is 0.251 e. The Hall–Kier alpha value is -2.16. The van der Waals surface area contributed by atoms with E-state index in [-0.39, 0.29) is 35.7 Å². The molecular formula is C20H26FIN4O. The molecule has 2 aromatic rings. The van der Waals surface area contributed by atoms with Crippen LogP contribution in [0.5, 0.6) is 0 Å². The van der Waals surface area contributed by atoms with Gasteiger partial charge in [0.2, 0.25) is 0 Å². The van der Waals surface area contributed by atoms with E-state index in [4.69, 9.17) is 0 Å². The second-order valence-electron chi connectivity index (χ2n) is 5.74. The zero-order chi connectivity index (χ0) is 18.8. The Kier molecular flexibility index (Phi) is 10.4. The van der Waals surface area contributed by atoms with Gasteiger partial charge in [0.25, 0.3) is 5.91 Å². The maximum atomic E-state index is 13.2. The molecule has 3 N–H and O–H groups in total. The fraction of sp³-hybridized carbons (Fsp3) is 0.300. The van der Waals surface area contributed by atoms with E-state index >= 15 is 0 Å². The molecule has 0 atom stereocenters. The molecule has 0 heterocycles. The molecule has 27 heavy (non-hydrogen) atoms. The topological polar surface area (TPSA) is 65.5 Å². The van der Waals surface area contributed by atoms with Gasteiger partial charge in [-0.3, -0.25) is 4.79 Å². The van der Waals surface area contributed by atoms with Gasteiger partial charge in [0.15, 0.2) is 5.96 Å². The Bertz CT molecular complexity index is 750. The average Bonchev–Trinajstić information content (AvgIpc) is 2.65. The highest BCUT2D eigenvalue weighted by Gasteiger charge is 2.04. The summed E-state index contributed by atoms with van der Waals surface area (Å²) in [6.45, 7) is 6.18. The van der Waals surface area contributed by atoms with Gasteiger partial charge in [-0.1, -0.05) is 24.3 Å². The van der Waals surface area contributed by atoms with Crippen LogP contribution in [-0.4, -0.2) is 25.0 Å². The van der Waals surface area contributed by atoms with Crippen LogP contribution in [0.25, 0.3) is 0 Å². The quantitative estimate of drug-likeness (QED) is 0.321. The highest BCUT2D eigenvalue weighted by molar-refractivity contribution is 14.0. The van der Waals surface area contributed by atoms with E-state index in [1.807, 2.05) is 32.0 Å². The van der Waals surface area contributed by atoms with Gasteiger partial charge in [-0.05, 0) is 49.2 Å². The van der Waals surface area contributed by atoms with Crippen molar-refractivity contribution in [2.45, 2.75) is 26.9 Å². The highest BCUT2D eigenvalue weighted by Crippen LogP contribution is 2.06. The van der Waals surface area contributed by atoms with Gasteiger partial charge in [-0.25, -0.2) is 9.38 Å². The summed E-state index contributed by atoms with van der Waals surface area (Å²) in [5, 5.41) is 9.18. The summed E-state index contributed by atoms with van der Waals surface area (Å²) in [7, 11) is 0. The van der Waals surface area contributed by atoms with Crippen molar-refractivity contribution in [3.8, 4) is 0 Å². The third kappa shape index (κ3) is 7.94. The van der Waals surface area contributed by atoms with Crippen molar-refractivity contribution < 1.29 is 9.18 Å². The molecule has 0 spiro atoms. The Balaban J connectivity index is 0.00000364. The molecule has 7 heteroatoms. The zero-order valence-electron chi connectivity index (χ0n) is 15.6. The predicted octanol–water partition coefficient (Wildman–Crippen LogP) is 3.45. The molecule has 5 nitrogen and oxygen atoms in total. The first-order valence-corrected chi connectivity index (χ1v) is 8.76. The maximum absolute atomic E-state index is 13.2. The minimum absolute atomic E-state index is 0. The van der Waals surface area contributed by atoms with Gasteiger partial charge in [-0.15, -0.1) is 24.0 Å². The SMILES string of the molecule is CCNC(=O)c1ccc(CNC(=NCc2cccc(F)c2)NCC)cc1.I. The van der Waals surface area contributed by atoms with E-state index in [0.29, 0.717) is 31.2 Å². The average molecular weight is 484 g/mol. The molecule has 0 saturated carbocycles. The number of hydrogen-bond donors (Lipinski definition) is 3. The van der Waals surface area contributed by atoms with Gasteiger partial charge in [0, 0.05) is 25.2 Å². The number of nitrogens with zero attached hydrogens (tertiary/aromatic N) is 1. The summed E-state index contributed by atoms with van der Waals surface area (Å²) in [5.41, 5.74) is 2.49. The summed E-state index contributed by atoms with van der Waals surface area (Å²) >= 11 is 0. The number of guanidine groups is 1. The van der Waals surface area contributed by atoms with Gasteiger partial charge >= 0.3 is 0 Å². The van der Waals surface area contributed by atoms with Crippen molar-refractivity contribution in [2.75, 3.05) is 13.1 Å². The number of carbonyl (C=O) groups is 1. The number of aliphatic imine (C=N–C) groups is 1. The van der Waals surface area contributed by atoms with Crippen molar-refractivity contribution >= 4 is 35.8 Å². The third-order valence-corrected chi connectivity index (χ3v) is 3.67. The van der Waals surface area contributed by atoms with Crippen molar-refractivity contribution in [1.29, 1.82) is 0 Å². The number of carbonyl (C=O) groups excluding carboxylic acids is 1. The second-order valence-corrected chi connectivity index (χ2v) is 5.74. The summed E-state index contributed by atoms with van der Waals surface area (Å²) in [6, 6.07) is 13.8. The molecule has 0 unspecified atom stereocenters. The van der Waals surface area contributed by atoms with Gasteiger partial charge < -0.3 is 16.0 Å². The van der Waals surface area contributed by atoms with E-state index in [0.717, 1.165) is 17.7 Å². The van der Waals surface area contributed by atoms with Crippen molar-refractivity contribution in [1.82, 2.24) is 16.0 Å². The number of rotatable bonds is 7. The van der Waals surface area contributed by atoms with Gasteiger partial charge in [-0.2, -0.15) is 0 Å². The first-order chi connectivity index (χ1) is 12.6. The van der Waals surface area contributed by atoms with Crippen LogP contribution < -0.4 is 16.0 Å². The minimum Gasteiger partial charge on any atom is -0.357 e. The van der Waals surface area contributed by atoms with Crippen LogP contribution in [0, 0.1) is 5.82 Å². The molecule has 0 aliphatic heterocycles. The largest absolute Gasteiger partial charge is 0.357 e. The summed E-state index contributed by atoms with van der Waals surface area (Å²) in [4.78, 5) is 16.2. The number of benzene rings is 2. The zero-order valence-corrected chi connectivity index (χ0v) is 17.9. The van der Waals surface area contributed by atoms with E-state index in [2.05, 4.69) is 20.9 Å². The molecule has 0 bridgehead atoms. The normalized spacial score (nSPS) is 10.7. The molecule has 146 valence electrons. The Morgan fingerprint density at radius 3 is 2.30 bits per heavy atom. The van der Waals surface area contributed by atoms with Gasteiger partial charge in [0.1, 0.15) is 5.82 Å². The number of amides is 1. The fourth-order valence-electron chi connectivity index (χ4n) is 2.37. The summed E-state index contributed by atoms with van der Waals surface area (Å²) < 4.78 is 13.2. The van der Waals surface area contributed by atoms with Crippen LogP contribution in [0.2, 0.25) is 0 Å².